The van der Waals surface area contributed by atoms with E-state index in [1.165, 1.54) is 22.9 Å². The van der Waals surface area contributed by atoms with Crippen LogP contribution in [0.5, 0.6) is 0 Å². The zero-order valence-electron chi connectivity index (χ0n) is 18.1. The van der Waals surface area contributed by atoms with Crippen molar-refractivity contribution in [3.8, 4) is 0 Å². The lowest BCUT2D eigenvalue weighted by molar-refractivity contribution is -0.141. The van der Waals surface area contributed by atoms with Crippen LogP contribution in [-0.4, -0.2) is 56.1 Å². The van der Waals surface area contributed by atoms with Crippen LogP contribution < -0.4 is 10.6 Å². The molecule has 0 aliphatic carbocycles. The lowest BCUT2D eigenvalue weighted by Crippen LogP contribution is -2.34. The van der Waals surface area contributed by atoms with Crippen molar-refractivity contribution in [2.75, 3.05) is 18.5 Å². The van der Waals surface area contributed by atoms with Crippen molar-refractivity contribution >= 4 is 23.5 Å². The molecule has 3 aromatic rings. The fraction of sp³-hybridized carbons (Fsp3) is 0.500. The van der Waals surface area contributed by atoms with Crippen LogP contribution in [0.4, 0.5) is 34.1 Å². The summed E-state index contributed by atoms with van der Waals surface area (Å²) in [6.07, 6.45) is -3.73. The highest BCUT2D eigenvalue weighted by Gasteiger charge is 2.42. The van der Waals surface area contributed by atoms with Crippen LogP contribution in [0.1, 0.15) is 43.7 Å². The first-order valence-electron chi connectivity index (χ1n) is 10.7. The summed E-state index contributed by atoms with van der Waals surface area (Å²) in [5, 5.41) is 11.8. The number of nitrogens with zero attached hydrogens (tertiary/aromatic N) is 4. The van der Waals surface area contributed by atoms with Crippen LogP contribution in [-0.2, 0) is 15.7 Å². The third kappa shape index (κ3) is 5.21. The van der Waals surface area contributed by atoms with Crippen LogP contribution >= 0.6 is 0 Å². The number of rotatable bonds is 8. The Labute approximate surface area is 191 Å². The molecular weight excluding hydrogens is 462 g/mol. The van der Waals surface area contributed by atoms with Crippen LogP contribution in [0.25, 0.3) is 5.65 Å². The number of carbonyl (C=O) groups is 1. The molecule has 4 rings (SSSR count). The first-order chi connectivity index (χ1) is 16.3. The van der Waals surface area contributed by atoms with Crippen LogP contribution in [0.3, 0.4) is 0 Å². The van der Waals surface area contributed by atoms with Gasteiger partial charge in [-0.15, -0.1) is 0 Å². The van der Waals surface area contributed by atoms with E-state index in [1.54, 1.807) is 0 Å². The van der Waals surface area contributed by atoms with E-state index in [9.17, 15) is 22.4 Å². The Bertz CT molecular complexity index is 1130. The number of hydrogen-bond donors (Lipinski definition) is 3. The van der Waals surface area contributed by atoms with E-state index >= 15 is 0 Å². The smallest absolute Gasteiger partial charge is 0.433 e. The van der Waals surface area contributed by atoms with Crippen molar-refractivity contribution in [3.63, 3.8) is 0 Å². The molecule has 1 fully saturated rings. The van der Waals surface area contributed by atoms with Crippen molar-refractivity contribution in [2.24, 2.45) is 0 Å². The van der Waals surface area contributed by atoms with Gasteiger partial charge in [0, 0.05) is 31.1 Å². The lowest BCUT2D eigenvalue weighted by atomic mass is 10.1. The molecule has 3 N–H and O–H groups in total. The molecule has 0 spiro atoms. The number of fused-ring (bicyclic) bond motifs is 1. The van der Waals surface area contributed by atoms with Crippen molar-refractivity contribution in [1.29, 1.82) is 0 Å². The number of ether oxygens (including phenoxy) is 2. The molecule has 3 atom stereocenters. The molecule has 0 unspecified atom stereocenters. The summed E-state index contributed by atoms with van der Waals surface area (Å²) in [5.41, 5.74) is -0.866. The molecule has 10 nitrogen and oxygen atoms in total. The Balaban J connectivity index is 1.41. The number of H-pyrrole nitrogens is 1. The second-order valence-electron chi connectivity index (χ2n) is 7.73. The standard InChI is InChI=1S/C20H23F4N7O3/c1-2-3-4-5-26-19(32)34-12-10-33-17(16(12)21)11-8-14(30-29-11)28-18-27-13(20(22,23)24)9-15-25-6-7-31(15)18/h6-9,12,16-17H,2-5,10H2,1H3,(H,26,32)(H2,27,28,29,30)/t12-,16-,17-/m1/s1. The maximum Gasteiger partial charge on any atom is 0.433 e. The highest BCUT2D eigenvalue weighted by Crippen LogP contribution is 2.34. The van der Waals surface area contributed by atoms with E-state index in [1.807, 2.05) is 6.92 Å². The maximum atomic E-state index is 14.9. The number of nitrogens with one attached hydrogen (secondary N) is 3. The molecular formula is C20H23F4N7O3. The van der Waals surface area contributed by atoms with Gasteiger partial charge in [0.05, 0.1) is 12.3 Å². The van der Waals surface area contributed by atoms with Crippen molar-refractivity contribution in [3.05, 3.63) is 35.9 Å². The molecule has 3 aromatic heterocycles. The van der Waals surface area contributed by atoms with Gasteiger partial charge in [0.2, 0.25) is 5.95 Å². The fourth-order valence-corrected chi connectivity index (χ4v) is 3.50. The second-order valence-corrected chi connectivity index (χ2v) is 7.73. The number of amides is 1. The van der Waals surface area contributed by atoms with E-state index in [0.717, 1.165) is 25.3 Å². The number of hydrogen-bond acceptors (Lipinski definition) is 7. The number of carbonyl (C=O) groups excluding carboxylic acids is 1. The second kappa shape index (κ2) is 9.83. The third-order valence-corrected chi connectivity index (χ3v) is 5.22. The fourth-order valence-electron chi connectivity index (χ4n) is 3.50. The number of aromatic amines is 1. The number of unbranched alkanes of at least 4 members (excludes halogenated alkanes) is 2. The molecule has 0 bridgehead atoms. The molecule has 0 saturated carbocycles. The van der Waals surface area contributed by atoms with Gasteiger partial charge < -0.3 is 20.1 Å². The Hall–Kier alpha value is -3.42. The van der Waals surface area contributed by atoms with Crippen molar-refractivity contribution < 1.29 is 31.8 Å². The summed E-state index contributed by atoms with van der Waals surface area (Å²) in [6, 6.07) is 2.20. The molecule has 0 radical (unpaired) electrons. The Morgan fingerprint density at radius 2 is 2.18 bits per heavy atom. The molecule has 1 amide bonds. The molecule has 34 heavy (non-hydrogen) atoms. The minimum Gasteiger partial charge on any atom is -0.441 e. The first-order valence-corrected chi connectivity index (χ1v) is 10.7. The van der Waals surface area contributed by atoms with E-state index in [4.69, 9.17) is 9.47 Å². The number of alkyl halides is 4. The summed E-state index contributed by atoms with van der Waals surface area (Å²) in [7, 11) is 0. The highest BCUT2D eigenvalue weighted by atomic mass is 19.4. The van der Waals surface area contributed by atoms with Gasteiger partial charge in [-0.3, -0.25) is 9.50 Å². The van der Waals surface area contributed by atoms with Crippen molar-refractivity contribution in [2.45, 2.75) is 50.7 Å². The van der Waals surface area contributed by atoms with Gasteiger partial charge in [-0.05, 0) is 6.42 Å². The van der Waals surface area contributed by atoms with Gasteiger partial charge in [-0.1, -0.05) is 19.8 Å². The van der Waals surface area contributed by atoms with Crippen LogP contribution in [0.2, 0.25) is 0 Å². The Kier molecular flexibility index (Phi) is 6.86. The molecule has 1 aliphatic heterocycles. The van der Waals surface area contributed by atoms with E-state index in [0.29, 0.717) is 6.54 Å². The SMILES string of the molecule is CCCCCNC(=O)O[C@@H]1CO[C@H](c2cc(Nc3nc(C(F)(F)F)cc4nccn34)n[nH]2)[C@@H]1F. The average Bonchev–Trinajstić information content (AvgIpc) is 3.52. The average molecular weight is 485 g/mol. The molecule has 4 heterocycles. The van der Waals surface area contributed by atoms with Crippen LogP contribution in [0.15, 0.2) is 24.5 Å². The Morgan fingerprint density at radius 3 is 2.94 bits per heavy atom. The summed E-state index contributed by atoms with van der Waals surface area (Å²) in [4.78, 5) is 19.3. The van der Waals surface area contributed by atoms with Gasteiger partial charge in [-0.2, -0.15) is 18.3 Å². The zero-order valence-corrected chi connectivity index (χ0v) is 18.1. The molecule has 184 valence electrons. The number of anilines is 2. The number of imidazole rings is 1. The number of alkyl carbamates (subject to hydrolysis) is 1. The third-order valence-electron chi connectivity index (χ3n) is 5.22. The summed E-state index contributed by atoms with van der Waals surface area (Å²) < 4.78 is 66.3. The van der Waals surface area contributed by atoms with Gasteiger partial charge in [0.15, 0.2) is 23.8 Å². The topological polar surface area (TPSA) is 118 Å². The monoisotopic (exact) mass is 485 g/mol. The van der Waals surface area contributed by atoms with Gasteiger partial charge >= 0.3 is 12.3 Å². The predicted molar refractivity (Wildman–Crippen MR) is 111 cm³/mol. The number of halogens is 4. The maximum absolute atomic E-state index is 14.9. The predicted octanol–water partition coefficient (Wildman–Crippen LogP) is 3.91. The van der Waals surface area contributed by atoms with E-state index in [2.05, 4.69) is 30.8 Å². The minimum absolute atomic E-state index is 0.0384. The largest absolute Gasteiger partial charge is 0.441 e. The van der Waals surface area contributed by atoms with Crippen LogP contribution in [0, 0.1) is 0 Å². The van der Waals surface area contributed by atoms with Gasteiger partial charge in [-0.25, -0.2) is 19.2 Å². The first kappa shape index (κ1) is 23.7. The summed E-state index contributed by atoms with van der Waals surface area (Å²) >= 11 is 0. The summed E-state index contributed by atoms with van der Waals surface area (Å²) in [6.45, 7) is 2.32. The van der Waals surface area contributed by atoms with E-state index < -0.39 is 36.3 Å². The molecule has 1 saturated heterocycles. The lowest BCUT2D eigenvalue weighted by Gasteiger charge is -2.15. The molecule has 14 heteroatoms. The van der Waals surface area contributed by atoms with Gasteiger partial charge in [0.1, 0.15) is 11.8 Å². The van der Waals surface area contributed by atoms with E-state index in [-0.39, 0.29) is 29.7 Å². The van der Waals surface area contributed by atoms with Crippen molar-refractivity contribution in [1.82, 2.24) is 29.9 Å². The minimum atomic E-state index is -4.67. The normalized spacial score (nSPS) is 20.6. The molecule has 0 aromatic carbocycles. The number of aromatic nitrogens is 5. The van der Waals surface area contributed by atoms with Gasteiger partial charge in [0.25, 0.3) is 0 Å². The summed E-state index contributed by atoms with van der Waals surface area (Å²) in [5.74, 6) is -0.0869. The quantitative estimate of drug-likeness (QED) is 0.327. The zero-order chi connectivity index (χ0) is 24.3. The highest BCUT2D eigenvalue weighted by molar-refractivity contribution is 5.67. The Morgan fingerprint density at radius 1 is 1.35 bits per heavy atom. The molecule has 1 aliphatic rings.